The topological polar surface area (TPSA) is 92.5 Å². The van der Waals surface area contributed by atoms with E-state index in [1.807, 2.05) is 4.40 Å². The summed E-state index contributed by atoms with van der Waals surface area (Å²) in [5.74, 6) is 2.02. The molecule has 30 heavy (non-hydrogen) atoms. The third kappa shape index (κ3) is 3.23. The molecule has 4 unspecified atom stereocenters. The van der Waals surface area contributed by atoms with E-state index in [9.17, 15) is 0 Å². The Hall–Kier alpha value is -2.62. The van der Waals surface area contributed by atoms with Crippen LogP contribution in [0.2, 0.25) is 0 Å². The third-order valence-electron chi connectivity index (χ3n) is 6.86. The van der Waals surface area contributed by atoms with Crippen molar-refractivity contribution in [2.75, 3.05) is 31.2 Å². The van der Waals surface area contributed by atoms with Crippen molar-refractivity contribution in [2.24, 2.45) is 5.92 Å². The Balaban J connectivity index is 1.24. The normalized spacial score (nSPS) is 29.3. The largest absolute Gasteiger partial charge is 0.378 e. The summed E-state index contributed by atoms with van der Waals surface area (Å²) in [5.41, 5.74) is 10.4. The van der Waals surface area contributed by atoms with Crippen LogP contribution in [0.3, 0.4) is 0 Å². The Labute approximate surface area is 174 Å². The first-order valence-corrected chi connectivity index (χ1v) is 10.8. The first kappa shape index (κ1) is 18.2. The fourth-order valence-electron chi connectivity index (χ4n) is 5.24. The van der Waals surface area contributed by atoms with Crippen LogP contribution in [-0.4, -0.2) is 56.9 Å². The lowest BCUT2D eigenvalue weighted by Gasteiger charge is -2.33. The molecule has 0 bridgehead atoms. The molecule has 9 nitrogen and oxygen atoms in total. The number of morpholine rings is 1. The Morgan fingerprint density at radius 3 is 2.93 bits per heavy atom. The lowest BCUT2D eigenvalue weighted by Crippen LogP contribution is -2.37. The van der Waals surface area contributed by atoms with E-state index in [4.69, 9.17) is 4.74 Å². The smallest absolute Gasteiger partial charge is 0.160 e. The zero-order valence-electron chi connectivity index (χ0n) is 16.8. The van der Waals surface area contributed by atoms with Gasteiger partial charge < -0.3 is 9.64 Å². The minimum atomic E-state index is 0.194. The van der Waals surface area contributed by atoms with Crippen molar-refractivity contribution < 1.29 is 4.74 Å². The highest BCUT2D eigenvalue weighted by molar-refractivity contribution is 5.41. The first-order chi connectivity index (χ1) is 14.8. The van der Waals surface area contributed by atoms with Gasteiger partial charge in [0.15, 0.2) is 5.65 Å². The minimum Gasteiger partial charge on any atom is -0.378 e. The zero-order valence-corrected chi connectivity index (χ0v) is 16.8. The summed E-state index contributed by atoms with van der Waals surface area (Å²) in [6.07, 6.45) is 9.13. The van der Waals surface area contributed by atoms with Crippen molar-refractivity contribution in [1.82, 2.24) is 35.4 Å². The first-order valence-electron chi connectivity index (χ1n) is 10.8. The summed E-state index contributed by atoms with van der Waals surface area (Å²) >= 11 is 0. The van der Waals surface area contributed by atoms with Gasteiger partial charge in [-0.05, 0) is 42.7 Å². The van der Waals surface area contributed by atoms with Crippen LogP contribution in [0.25, 0.3) is 5.65 Å². The molecule has 1 aliphatic carbocycles. The number of fused-ring (bicyclic) bond motifs is 2. The molecule has 2 saturated heterocycles. The highest BCUT2D eigenvalue weighted by Gasteiger charge is 2.42. The summed E-state index contributed by atoms with van der Waals surface area (Å²) in [7, 11) is 0. The van der Waals surface area contributed by atoms with Crippen LogP contribution >= 0.6 is 0 Å². The molecule has 0 aromatic carbocycles. The van der Waals surface area contributed by atoms with Crippen LogP contribution in [0.15, 0.2) is 37.1 Å². The standard InChI is InChI=1S/C21H26N8O/c1-3-17-16(9-14(1)15-2-4-19-26-24-13-29(19)11-15)21(27-25-17)18-10-20(23-12-22-18)28-5-7-30-8-6-28/h2,4,10-14,16-17,21,25,27H,1,3,5-9H2. The van der Waals surface area contributed by atoms with Gasteiger partial charge in [-0.2, -0.15) is 0 Å². The number of anilines is 1. The van der Waals surface area contributed by atoms with E-state index in [-0.39, 0.29) is 6.04 Å². The number of hydrogen-bond donors (Lipinski definition) is 2. The zero-order chi connectivity index (χ0) is 19.9. The van der Waals surface area contributed by atoms with Crippen LogP contribution in [0.4, 0.5) is 5.82 Å². The number of rotatable bonds is 3. The number of hydrazine groups is 1. The lowest BCUT2D eigenvalue weighted by molar-refractivity contribution is 0.122. The molecular weight excluding hydrogens is 380 g/mol. The van der Waals surface area contributed by atoms with Gasteiger partial charge in [-0.1, -0.05) is 6.07 Å². The number of aromatic nitrogens is 5. The predicted octanol–water partition coefficient (Wildman–Crippen LogP) is 1.46. The molecule has 0 spiro atoms. The number of nitrogens with zero attached hydrogens (tertiary/aromatic N) is 6. The van der Waals surface area contributed by atoms with Crippen LogP contribution < -0.4 is 15.8 Å². The van der Waals surface area contributed by atoms with Crippen molar-refractivity contribution in [2.45, 2.75) is 37.3 Å². The van der Waals surface area contributed by atoms with E-state index in [0.29, 0.717) is 17.9 Å². The molecule has 0 amide bonds. The van der Waals surface area contributed by atoms with Gasteiger partial charge in [0.05, 0.1) is 24.9 Å². The Bertz CT molecular complexity index is 1030. The second-order valence-corrected chi connectivity index (χ2v) is 8.51. The average molecular weight is 406 g/mol. The quantitative estimate of drug-likeness (QED) is 0.675. The van der Waals surface area contributed by atoms with E-state index in [1.54, 1.807) is 12.7 Å². The minimum absolute atomic E-state index is 0.194. The molecule has 3 fully saturated rings. The van der Waals surface area contributed by atoms with Gasteiger partial charge >= 0.3 is 0 Å². The molecule has 2 N–H and O–H groups in total. The summed E-state index contributed by atoms with van der Waals surface area (Å²) in [5, 5.41) is 8.13. The molecule has 5 heterocycles. The van der Waals surface area contributed by atoms with Gasteiger partial charge in [0.2, 0.25) is 0 Å². The molecule has 1 saturated carbocycles. The van der Waals surface area contributed by atoms with E-state index in [0.717, 1.165) is 56.3 Å². The van der Waals surface area contributed by atoms with Crippen LogP contribution in [-0.2, 0) is 4.74 Å². The number of ether oxygens (including phenoxy) is 1. The van der Waals surface area contributed by atoms with Crippen LogP contribution in [0.1, 0.15) is 42.5 Å². The molecule has 9 heteroatoms. The number of pyridine rings is 1. The predicted molar refractivity (Wildman–Crippen MR) is 111 cm³/mol. The number of nitrogens with one attached hydrogen (secondary N) is 2. The van der Waals surface area contributed by atoms with Gasteiger partial charge in [0, 0.05) is 31.4 Å². The molecule has 3 aromatic rings. The fraction of sp³-hybridized carbons (Fsp3) is 0.524. The second kappa shape index (κ2) is 7.57. The summed E-state index contributed by atoms with van der Waals surface area (Å²) in [4.78, 5) is 11.5. The second-order valence-electron chi connectivity index (χ2n) is 8.51. The lowest BCUT2D eigenvalue weighted by atomic mass is 9.73. The van der Waals surface area contributed by atoms with Gasteiger partial charge in [-0.25, -0.2) is 15.4 Å². The van der Waals surface area contributed by atoms with E-state index in [2.05, 4.69) is 60.3 Å². The van der Waals surface area contributed by atoms with Gasteiger partial charge in [0.25, 0.3) is 0 Å². The molecular formula is C21H26N8O. The molecule has 3 aliphatic rings. The molecule has 4 atom stereocenters. The SMILES string of the molecule is c1nc(C2NNC3CCC(c4ccc5nncn5c4)CC32)cc(N2CCOCC2)n1. The van der Waals surface area contributed by atoms with Gasteiger partial charge in [-0.15, -0.1) is 10.2 Å². The van der Waals surface area contributed by atoms with E-state index in [1.165, 1.54) is 12.0 Å². The van der Waals surface area contributed by atoms with Crippen molar-refractivity contribution in [1.29, 1.82) is 0 Å². The van der Waals surface area contributed by atoms with Gasteiger partial charge in [0.1, 0.15) is 18.5 Å². The van der Waals surface area contributed by atoms with Crippen molar-refractivity contribution in [3.8, 4) is 0 Å². The molecule has 0 radical (unpaired) electrons. The maximum absolute atomic E-state index is 5.48. The molecule has 2 aliphatic heterocycles. The Morgan fingerprint density at radius 2 is 2.00 bits per heavy atom. The summed E-state index contributed by atoms with van der Waals surface area (Å²) in [6.45, 7) is 3.27. The van der Waals surface area contributed by atoms with E-state index < -0.39 is 0 Å². The highest BCUT2D eigenvalue weighted by Crippen LogP contribution is 2.43. The maximum Gasteiger partial charge on any atom is 0.160 e. The van der Waals surface area contributed by atoms with Crippen LogP contribution in [0, 0.1) is 5.92 Å². The maximum atomic E-state index is 5.48. The Morgan fingerprint density at radius 1 is 1.07 bits per heavy atom. The van der Waals surface area contributed by atoms with Crippen LogP contribution in [0.5, 0.6) is 0 Å². The van der Waals surface area contributed by atoms with Gasteiger partial charge in [-0.3, -0.25) is 9.83 Å². The summed E-state index contributed by atoms with van der Waals surface area (Å²) < 4.78 is 7.50. The molecule has 6 rings (SSSR count). The Kier molecular flexibility index (Phi) is 4.59. The molecule has 156 valence electrons. The van der Waals surface area contributed by atoms with Crippen molar-refractivity contribution >= 4 is 11.5 Å². The average Bonchev–Trinajstić information content (AvgIpc) is 3.45. The van der Waals surface area contributed by atoms with Crippen molar-refractivity contribution in [3.05, 3.63) is 48.3 Å². The van der Waals surface area contributed by atoms with E-state index >= 15 is 0 Å². The third-order valence-corrected chi connectivity index (χ3v) is 6.86. The summed E-state index contributed by atoms with van der Waals surface area (Å²) in [6, 6.07) is 7.10. The van der Waals surface area contributed by atoms with Crippen molar-refractivity contribution in [3.63, 3.8) is 0 Å². The number of hydrogen-bond acceptors (Lipinski definition) is 8. The monoisotopic (exact) mass is 406 g/mol. The molecule has 3 aromatic heterocycles. The highest BCUT2D eigenvalue weighted by atomic mass is 16.5. The fourth-order valence-corrected chi connectivity index (χ4v) is 5.24.